The van der Waals surface area contributed by atoms with Crippen molar-refractivity contribution in [1.82, 2.24) is 14.8 Å². The fraction of sp³-hybridized carbons (Fsp3) is 0.476. The molecule has 0 unspecified atom stereocenters. The number of nitrogens with zero attached hydrogens (tertiary/aromatic N) is 3. The van der Waals surface area contributed by atoms with E-state index >= 15 is 0 Å². The van der Waals surface area contributed by atoms with Crippen LogP contribution in [0.2, 0.25) is 0 Å². The second kappa shape index (κ2) is 8.49. The van der Waals surface area contributed by atoms with Crippen LogP contribution >= 0.6 is 11.8 Å². The monoisotopic (exact) mass is 416 g/mol. The van der Waals surface area contributed by atoms with Gasteiger partial charge < -0.3 is 9.64 Å². The number of amides is 1. The van der Waals surface area contributed by atoms with Crippen molar-refractivity contribution >= 4 is 28.9 Å². The second-order valence-corrected chi connectivity index (χ2v) is 8.52. The summed E-state index contributed by atoms with van der Waals surface area (Å²) in [6, 6.07) is 5.83. The number of H-pyrrole nitrogens is 1. The van der Waals surface area contributed by atoms with E-state index in [0.717, 1.165) is 29.0 Å². The number of fused-ring (bicyclic) bond motifs is 1. The molecule has 1 aromatic carbocycles. The third kappa shape index (κ3) is 4.27. The van der Waals surface area contributed by atoms with E-state index in [1.165, 1.54) is 11.8 Å². The van der Waals surface area contributed by atoms with Gasteiger partial charge in [0.15, 0.2) is 5.16 Å². The first-order valence-corrected chi connectivity index (χ1v) is 10.8. The van der Waals surface area contributed by atoms with Crippen LogP contribution in [0.1, 0.15) is 46.6 Å². The van der Waals surface area contributed by atoms with Gasteiger partial charge in [0, 0.05) is 12.1 Å². The predicted octanol–water partition coefficient (Wildman–Crippen LogP) is 3.70. The van der Waals surface area contributed by atoms with E-state index in [0.29, 0.717) is 18.3 Å². The maximum atomic E-state index is 13.3. The summed E-state index contributed by atoms with van der Waals surface area (Å²) >= 11 is 1.28. The maximum Gasteiger partial charge on any atom is 0.343 e. The summed E-state index contributed by atoms with van der Waals surface area (Å²) < 4.78 is 7.21. The number of hydrogen-bond acceptors (Lipinski definition) is 5. The quantitative estimate of drug-likeness (QED) is 0.696. The van der Waals surface area contributed by atoms with Crippen molar-refractivity contribution in [2.45, 2.75) is 58.3 Å². The number of benzene rings is 1. The molecule has 3 rings (SSSR count). The standard InChI is InChI=1S/C21H28N4O3S/c1-6-10-24-19(27)22-23-20(24)29-13-18(26)25-17-9-8-15(28-7-2)11-16(17)14(3)12-21(25,4)5/h8-9,11-12H,6-7,10,13H2,1-5H3,(H,22,27). The molecule has 0 atom stereocenters. The van der Waals surface area contributed by atoms with Gasteiger partial charge in [-0.2, -0.15) is 0 Å². The fourth-order valence-corrected chi connectivity index (χ4v) is 4.57. The van der Waals surface area contributed by atoms with Crippen molar-refractivity contribution in [3.8, 4) is 5.75 Å². The predicted molar refractivity (Wildman–Crippen MR) is 117 cm³/mol. The molecule has 0 bridgehead atoms. The second-order valence-electron chi connectivity index (χ2n) is 7.57. The summed E-state index contributed by atoms with van der Waals surface area (Å²) in [5, 5.41) is 7.08. The van der Waals surface area contributed by atoms with Gasteiger partial charge in [-0.25, -0.2) is 9.89 Å². The number of allylic oxidation sites excluding steroid dienone is 1. The van der Waals surface area contributed by atoms with Crippen LogP contribution in [0.25, 0.3) is 5.57 Å². The van der Waals surface area contributed by atoms with Crippen LogP contribution in [-0.4, -0.2) is 38.6 Å². The van der Waals surface area contributed by atoms with Crippen LogP contribution in [0, 0.1) is 0 Å². The molecule has 2 aromatic rings. The number of thioether (sulfide) groups is 1. The molecule has 1 aromatic heterocycles. The summed E-state index contributed by atoms with van der Waals surface area (Å²) in [5.41, 5.74) is 2.28. The van der Waals surface area contributed by atoms with E-state index in [4.69, 9.17) is 4.74 Å². The van der Waals surface area contributed by atoms with Crippen molar-refractivity contribution in [3.63, 3.8) is 0 Å². The number of carbonyl (C=O) groups is 1. The van der Waals surface area contributed by atoms with Gasteiger partial charge in [0.1, 0.15) is 5.75 Å². The first-order chi connectivity index (χ1) is 13.8. The Labute approximate surface area is 175 Å². The van der Waals surface area contributed by atoms with Gasteiger partial charge in [0.05, 0.1) is 23.6 Å². The normalized spacial score (nSPS) is 15.1. The zero-order chi connectivity index (χ0) is 21.2. The summed E-state index contributed by atoms with van der Waals surface area (Å²) in [6.07, 6.45) is 2.93. The largest absolute Gasteiger partial charge is 0.494 e. The molecule has 7 nitrogen and oxygen atoms in total. The molecule has 1 aliphatic rings. The fourth-order valence-electron chi connectivity index (χ4n) is 3.75. The topological polar surface area (TPSA) is 80.2 Å². The van der Waals surface area contributed by atoms with Crippen molar-refractivity contribution in [3.05, 3.63) is 40.3 Å². The van der Waals surface area contributed by atoms with Crippen molar-refractivity contribution in [1.29, 1.82) is 0 Å². The summed E-state index contributed by atoms with van der Waals surface area (Å²) in [6.45, 7) is 11.2. The lowest BCUT2D eigenvalue weighted by molar-refractivity contribution is -0.116. The van der Waals surface area contributed by atoms with Gasteiger partial charge in [-0.05, 0) is 57.9 Å². The Morgan fingerprint density at radius 2 is 2.07 bits per heavy atom. The number of ether oxygens (including phenoxy) is 1. The van der Waals surface area contributed by atoms with Crippen LogP contribution in [0.15, 0.2) is 34.2 Å². The molecule has 0 radical (unpaired) electrons. The molecule has 0 aliphatic carbocycles. The molecular weight excluding hydrogens is 388 g/mol. The zero-order valence-corrected chi connectivity index (χ0v) is 18.4. The number of rotatable bonds is 7. The summed E-state index contributed by atoms with van der Waals surface area (Å²) in [5.74, 6) is 0.949. The average molecular weight is 417 g/mol. The Balaban J connectivity index is 1.87. The molecule has 8 heteroatoms. The van der Waals surface area contributed by atoms with E-state index < -0.39 is 5.54 Å². The Morgan fingerprint density at radius 1 is 1.31 bits per heavy atom. The van der Waals surface area contributed by atoms with Gasteiger partial charge >= 0.3 is 5.69 Å². The molecule has 156 valence electrons. The van der Waals surface area contributed by atoms with Gasteiger partial charge in [0.2, 0.25) is 5.91 Å². The molecule has 2 heterocycles. The number of hydrogen-bond donors (Lipinski definition) is 1. The van der Waals surface area contributed by atoms with Gasteiger partial charge in [-0.3, -0.25) is 9.36 Å². The molecule has 0 saturated heterocycles. The Bertz CT molecular complexity index is 990. The van der Waals surface area contributed by atoms with Crippen LogP contribution in [0.3, 0.4) is 0 Å². The molecule has 0 spiro atoms. The lowest BCUT2D eigenvalue weighted by Crippen LogP contribution is -2.49. The highest BCUT2D eigenvalue weighted by Crippen LogP contribution is 2.41. The van der Waals surface area contributed by atoms with E-state index in [1.54, 1.807) is 4.57 Å². The average Bonchev–Trinajstić information content (AvgIpc) is 3.00. The highest BCUT2D eigenvalue weighted by molar-refractivity contribution is 7.99. The van der Waals surface area contributed by atoms with Gasteiger partial charge in [-0.15, -0.1) is 5.10 Å². The number of nitrogens with one attached hydrogen (secondary N) is 1. The minimum Gasteiger partial charge on any atom is -0.494 e. The van der Waals surface area contributed by atoms with Crippen LogP contribution in [0.4, 0.5) is 5.69 Å². The zero-order valence-electron chi connectivity index (χ0n) is 17.6. The molecule has 1 N–H and O–H groups in total. The van der Waals surface area contributed by atoms with Crippen molar-refractivity contribution in [2.75, 3.05) is 17.3 Å². The Kier molecular flexibility index (Phi) is 6.21. The molecule has 1 aliphatic heterocycles. The van der Waals surface area contributed by atoms with E-state index in [2.05, 4.69) is 23.2 Å². The molecule has 0 saturated carbocycles. The number of aromatic nitrogens is 3. The van der Waals surface area contributed by atoms with Crippen molar-refractivity contribution in [2.24, 2.45) is 0 Å². The maximum absolute atomic E-state index is 13.3. The number of carbonyl (C=O) groups excluding carboxylic acids is 1. The minimum atomic E-state index is -0.462. The summed E-state index contributed by atoms with van der Waals surface area (Å²) in [4.78, 5) is 27.0. The number of aromatic amines is 1. The third-order valence-corrected chi connectivity index (χ3v) is 5.80. The van der Waals surface area contributed by atoms with Gasteiger partial charge in [-0.1, -0.05) is 24.8 Å². The highest BCUT2D eigenvalue weighted by atomic mass is 32.2. The molecule has 1 amide bonds. The highest BCUT2D eigenvalue weighted by Gasteiger charge is 2.36. The first-order valence-electron chi connectivity index (χ1n) is 9.86. The van der Waals surface area contributed by atoms with Crippen LogP contribution in [-0.2, 0) is 11.3 Å². The molecule has 0 fully saturated rings. The Hall–Kier alpha value is -2.48. The van der Waals surface area contributed by atoms with Crippen molar-refractivity contribution < 1.29 is 9.53 Å². The number of anilines is 1. The lowest BCUT2D eigenvalue weighted by atomic mass is 9.88. The van der Waals surface area contributed by atoms with Crippen LogP contribution in [0.5, 0.6) is 5.75 Å². The van der Waals surface area contributed by atoms with Gasteiger partial charge in [0.25, 0.3) is 0 Å². The third-order valence-electron chi connectivity index (χ3n) is 4.84. The lowest BCUT2D eigenvalue weighted by Gasteiger charge is -2.41. The SMILES string of the molecule is CCCn1c(SCC(=O)N2c3ccc(OCC)cc3C(C)=CC2(C)C)n[nH]c1=O. The molecule has 29 heavy (non-hydrogen) atoms. The molecular formula is C21H28N4O3S. The summed E-state index contributed by atoms with van der Waals surface area (Å²) in [7, 11) is 0. The van der Waals surface area contributed by atoms with E-state index in [9.17, 15) is 9.59 Å². The Morgan fingerprint density at radius 3 is 2.76 bits per heavy atom. The van der Waals surface area contributed by atoms with Crippen LogP contribution < -0.4 is 15.3 Å². The first kappa shape index (κ1) is 21.2. The smallest absolute Gasteiger partial charge is 0.343 e. The van der Waals surface area contributed by atoms with E-state index in [-0.39, 0.29) is 17.3 Å². The minimum absolute atomic E-state index is 0.0346. The van der Waals surface area contributed by atoms with E-state index in [1.807, 2.05) is 50.8 Å².